The van der Waals surface area contributed by atoms with Gasteiger partial charge in [0.1, 0.15) is 17.7 Å². The lowest BCUT2D eigenvalue weighted by atomic mass is 10.0. The maximum absolute atomic E-state index is 13.4. The summed E-state index contributed by atoms with van der Waals surface area (Å²) < 4.78 is 20.2. The van der Waals surface area contributed by atoms with Crippen LogP contribution < -0.4 is 4.74 Å². The van der Waals surface area contributed by atoms with Crippen molar-refractivity contribution >= 4 is 27.5 Å². The zero-order valence-electron chi connectivity index (χ0n) is 9.29. The van der Waals surface area contributed by atoms with Crippen LogP contribution in [0.25, 0.3) is 0 Å². The number of hydrogen-bond acceptors (Lipinski definition) is 1. The average molecular weight is 328 g/mol. The molecule has 1 aliphatic rings. The Kier molecular flexibility index (Phi) is 3.04. The first-order valence-electron chi connectivity index (χ1n) is 5.53. The van der Waals surface area contributed by atoms with Gasteiger partial charge >= 0.3 is 0 Å². The van der Waals surface area contributed by atoms with Gasteiger partial charge in [0.25, 0.3) is 0 Å². The molecule has 0 saturated heterocycles. The molecule has 18 heavy (non-hydrogen) atoms. The Morgan fingerprint density at radius 1 is 1.28 bits per heavy atom. The normalized spacial score (nSPS) is 17.4. The number of hydrogen-bond donors (Lipinski definition) is 0. The van der Waals surface area contributed by atoms with Crippen molar-refractivity contribution in [3.8, 4) is 5.75 Å². The standard InChI is InChI=1S/C14H9BrClFO/c15-10-3-1-2-8(4-10)13-6-9-5-12(17)11(16)7-14(9)18-13/h1-5,7,13H,6H2. The molecule has 0 spiro atoms. The molecule has 3 rings (SSSR count). The third kappa shape index (κ3) is 2.13. The van der Waals surface area contributed by atoms with E-state index in [4.69, 9.17) is 16.3 Å². The molecule has 0 saturated carbocycles. The van der Waals surface area contributed by atoms with E-state index in [9.17, 15) is 4.39 Å². The largest absolute Gasteiger partial charge is 0.485 e. The summed E-state index contributed by atoms with van der Waals surface area (Å²) in [5, 5.41) is 0.101. The van der Waals surface area contributed by atoms with E-state index in [0.717, 1.165) is 15.6 Å². The molecule has 0 radical (unpaired) electrons. The second-order valence-electron chi connectivity index (χ2n) is 4.24. The molecule has 2 aromatic carbocycles. The Balaban J connectivity index is 1.93. The molecule has 1 heterocycles. The molecule has 92 valence electrons. The Morgan fingerprint density at radius 3 is 2.89 bits per heavy atom. The van der Waals surface area contributed by atoms with E-state index in [1.165, 1.54) is 6.07 Å². The van der Waals surface area contributed by atoms with Gasteiger partial charge < -0.3 is 4.74 Å². The first-order valence-corrected chi connectivity index (χ1v) is 6.70. The minimum absolute atomic E-state index is 0.0737. The van der Waals surface area contributed by atoms with Crippen LogP contribution >= 0.6 is 27.5 Å². The molecule has 1 unspecified atom stereocenters. The van der Waals surface area contributed by atoms with Crippen molar-refractivity contribution in [3.63, 3.8) is 0 Å². The van der Waals surface area contributed by atoms with Crippen LogP contribution in [0, 0.1) is 5.82 Å². The van der Waals surface area contributed by atoms with Gasteiger partial charge in [-0.1, -0.05) is 39.7 Å². The number of ether oxygens (including phenoxy) is 1. The highest BCUT2D eigenvalue weighted by Gasteiger charge is 2.25. The lowest BCUT2D eigenvalue weighted by Crippen LogP contribution is -2.02. The van der Waals surface area contributed by atoms with E-state index in [1.807, 2.05) is 24.3 Å². The molecule has 0 bridgehead atoms. The van der Waals surface area contributed by atoms with Crippen LogP contribution in [0.4, 0.5) is 4.39 Å². The number of halogens is 3. The molecule has 1 aliphatic heterocycles. The van der Waals surface area contributed by atoms with Crippen molar-refractivity contribution in [3.05, 3.63) is 62.8 Å². The molecule has 0 fully saturated rings. The van der Waals surface area contributed by atoms with E-state index < -0.39 is 5.82 Å². The van der Waals surface area contributed by atoms with Crippen LogP contribution in [0.15, 0.2) is 40.9 Å². The van der Waals surface area contributed by atoms with Crippen LogP contribution in [0.1, 0.15) is 17.2 Å². The average Bonchev–Trinajstić information content (AvgIpc) is 2.73. The van der Waals surface area contributed by atoms with Crippen LogP contribution in [0.5, 0.6) is 5.75 Å². The lowest BCUT2D eigenvalue weighted by molar-refractivity contribution is 0.238. The highest BCUT2D eigenvalue weighted by atomic mass is 79.9. The Hall–Kier alpha value is -1.06. The van der Waals surface area contributed by atoms with Gasteiger partial charge in [-0.15, -0.1) is 0 Å². The maximum atomic E-state index is 13.4. The van der Waals surface area contributed by atoms with Gasteiger partial charge in [-0.25, -0.2) is 4.39 Å². The molecule has 2 aromatic rings. The fourth-order valence-corrected chi connectivity index (χ4v) is 2.70. The Morgan fingerprint density at radius 2 is 2.11 bits per heavy atom. The summed E-state index contributed by atoms with van der Waals surface area (Å²) in [6.07, 6.45) is 0.593. The Bertz CT molecular complexity index is 584. The molecule has 1 atom stereocenters. The van der Waals surface area contributed by atoms with E-state index in [2.05, 4.69) is 15.9 Å². The molecular weight excluding hydrogens is 319 g/mol. The van der Waals surface area contributed by atoms with Gasteiger partial charge in [0, 0.05) is 22.5 Å². The minimum Gasteiger partial charge on any atom is -0.485 e. The van der Waals surface area contributed by atoms with Crippen LogP contribution in [-0.2, 0) is 6.42 Å². The minimum atomic E-state index is -0.395. The number of rotatable bonds is 1. The smallest absolute Gasteiger partial charge is 0.142 e. The van der Waals surface area contributed by atoms with Crippen molar-refractivity contribution in [2.24, 2.45) is 0 Å². The van der Waals surface area contributed by atoms with Gasteiger partial charge in [-0.05, 0) is 23.8 Å². The molecule has 0 N–H and O–H groups in total. The van der Waals surface area contributed by atoms with Crippen molar-refractivity contribution in [1.82, 2.24) is 0 Å². The second-order valence-corrected chi connectivity index (χ2v) is 5.56. The predicted molar refractivity (Wildman–Crippen MR) is 72.6 cm³/mol. The number of benzene rings is 2. The highest BCUT2D eigenvalue weighted by molar-refractivity contribution is 9.10. The summed E-state index contributed by atoms with van der Waals surface area (Å²) in [6, 6.07) is 10.9. The summed E-state index contributed by atoms with van der Waals surface area (Å²) >= 11 is 9.18. The fraction of sp³-hybridized carbons (Fsp3) is 0.143. The second kappa shape index (κ2) is 4.56. The zero-order chi connectivity index (χ0) is 12.7. The Labute approximate surface area is 118 Å². The maximum Gasteiger partial charge on any atom is 0.142 e. The van der Waals surface area contributed by atoms with Crippen molar-refractivity contribution in [2.75, 3.05) is 0 Å². The SMILES string of the molecule is Fc1cc2c(cc1Cl)OC(c1cccc(Br)c1)C2. The molecule has 1 nitrogen and oxygen atoms in total. The topological polar surface area (TPSA) is 9.23 Å². The predicted octanol–water partition coefficient (Wildman–Crippen LogP) is 4.92. The molecule has 0 amide bonds. The molecule has 4 heteroatoms. The number of fused-ring (bicyclic) bond motifs is 1. The first kappa shape index (κ1) is 12.0. The lowest BCUT2D eigenvalue weighted by Gasteiger charge is -2.11. The third-order valence-corrected chi connectivity index (χ3v) is 3.78. The van der Waals surface area contributed by atoms with Gasteiger partial charge in [0.15, 0.2) is 0 Å². The summed E-state index contributed by atoms with van der Waals surface area (Å²) in [5.74, 6) is 0.278. The van der Waals surface area contributed by atoms with Crippen molar-refractivity contribution < 1.29 is 9.13 Å². The monoisotopic (exact) mass is 326 g/mol. The van der Waals surface area contributed by atoms with Crippen LogP contribution in [-0.4, -0.2) is 0 Å². The first-order chi connectivity index (χ1) is 8.63. The molecule has 0 aliphatic carbocycles. The van der Waals surface area contributed by atoms with Gasteiger partial charge in [0.2, 0.25) is 0 Å². The summed E-state index contributed by atoms with van der Waals surface area (Å²) in [4.78, 5) is 0. The fourth-order valence-electron chi connectivity index (χ4n) is 2.13. The van der Waals surface area contributed by atoms with E-state index in [1.54, 1.807) is 6.07 Å². The molecule has 0 aromatic heterocycles. The van der Waals surface area contributed by atoms with Crippen LogP contribution in [0.3, 0.4) is 0 Å². The van der Waals surface area contributed by atoms with Crippen molar-refractivity contribution in [2.45, 2.75) is 12.5 Å². The quantitative estimate of drug-likeness (QED) is 0.722. The van der Waals surface area contributed by atoms with Gasteiger partial charge in [0.05, 0.1) is 5.02 Å². The van der Waals surface area contributed by atoms with Crippen LogP contribution in [0.2, 0.25) is 5.02 Å². The zero-order valence-corrected chi connectivity index (χ0v) is 11.6. The van der Waals surface area contributed by atoms with Gasteiger partial charge in [-0.2, -0.15) is 0 Å². The van der Waals surface area contributed by atoms with E-state index in [-0.39, 0.29) is 11.1 Å². The summed E-state index contributed by atoms with van der Waals surface area (Å²) in [6.45, 7) is 0. The van der Waals surface area contributed by atoms with E-state index >= 15 is 0 Å². The van der Waals surface area contributed by atoms with E-state index in [0.29, 0.717) is 12.2 Å². The summed E-state index contributed by atoms with van der Waals surface area (Å²) in [5.41, 5.74) is 1.93. The molecular formula is C14H9BrClFO. The van der Waals surface area contributed by atoms with Gasteiger partial charge in [-0.3, -0.25) is 0 Å². The third-order valence-electron chi connectivity index (χ3n) is 3.00. The summed E-state index contributed by atoms with van der Waals surface area (Å²) in [7, 11) is 0. The van der Waals surface area contributed by atoms with Crippen molar-refractivity contribution in [1.29, 1.82) is 0 Å². The highest BCUT2D eigenvalue weighted by Crippen LogP contribution is 2.39.